The Kier molecular flexibility index (Phi) is 3.69. The largest absolute Gasteiger partial charge is 0.478 e. The van der Waals surface area contributed by atoms with E-state index < -0.39 is 12.1 Å². The second-order valence-corrected chi connectivity index (χ2v) is 3.69. The van der Waals surface area contributed by atoms with E-state index in [1.54, 1.807) is 19.1 Å². The molecule has 0 bridgehead atoms. The molecule has 0 heterocycles. The Morgan fingerprint density at radius 1 is 1.67 bits per heavy atom. The van der Waals surface area contributed by atoms with E-state index in [1.807, 2.05) is 6.07 Å². The molecule has 0 radical (unpaired) electrons. The molecule has 1 aromatic carbocycles. The number of carbonyl (C=O) groups is 1. The molecule has 0 aliphatic carbocycles. The average Bonchev–Trinajstić information content (AvgIpc) is 2.20. The van der Waals surface area contributed by atoms with Gasteiger partial charge >= 0.3 is 5.97 Å². The topological polar surface area (TPSA) is 70.3 Å². The number of carboxylic acid groups (broad SMARTS) is 1. The molecule has 1 atom stereocenters. The van der Waals surface area contributed by atoms with Crippen LogP contribution in [0.3, 0.4) is 0 Å². The summed E-state index contributed by atoms with van der Waals surface area (Å²) in [6.45, 7) is 1.59. The predicted octanol–water partition coefficient (Wildman–Crippen LogP) is 2.44. The highest BCUT2D eigenvalue weighted by Gasteiger charge is 2.10. The van der Waals surface area contributed by atoms with Crippen LogP contribution in [0.5, 0.6) is 5.75 Å². The van der Waals surface area contributed by atoms with Gasteiger partial charge in [-0.25, -0.2) is 4.79 Å². The maximum Gasteiger partial charge on any atom is 0.336 e. The zero-order valence-electron chi connectivity index (χ0n) is 7.90. The number of benzene rings is 1. The van der Waals surface area contributed by atoms with Crippen molar-refractivity contribution in [1.29, 1.82) is 5.26 Å². The fraction of sp³-hybridized carbons (Fsp3) is 0.200. The molecule has 1 N–H and O–H groups in total. The quantitative estimate of drug-likeness (QED) is 0.915. The maximum atomic E-state index is 10.8. The molecule has 0 saturated heterocycles. The molecule has 5 heteroatoms. The molecule has 78 valence electrons. The summed E-state index contributed by atoms with van der Waals surface area (Å²) in [7, 11) is 0. The summed E-state index contributed by atoms with van der Waals surface area (Å²) in [4.78, 5) is 10.8. The van der Waals surface area contributed by atoms with Crippen LogP contribution in [0.4, 0.5) is 0 Å². The van der Waals surface area contributed by atoms with Gasteiger partial charge in [0.25, 0.3) is 0 Å². The van der Waals surface area contributed by atoms with E-state index in [1.165, 1.54) is 6.07 Å². The van der Waals surface area contributed by atoms with Gasteiger partial charge in [0.05, 0.1) is 5.56 Å². The van der Waals surface area contributed by atoms with Crippen LogP contribution < -0.4 is 4.74 Å². The monoisotopic (exact) mass is 269 g/mol. The fourth-order valence-corrected chi connectivity index (χ4v) is 1.39. The van der Waals surface area contributed by atoms with Gasteiger partial charge in [-0.2, -0.15) is 5.26 Å². The Labute approximate surface area is 95.2 Å². The van der Waals surface area contributed by atoms with E-state index in [9.17, 15) is 4.79 Å². The van der Waals surface area contributed by atoms with Crippen LogP contribution in [0.25, 0.3) is 0 Å². The van der Waals surface area contributed by atoms with Crippen molar-refractivity contribution in [3.05, 3.63) is 28.2 Å². The van der Waals surface area contributed by atoms with Crippen LogP contribution in [-0.4, -0.2) is 17.2 Å². The number of aromatic carboxylic acids is 1. The van der Waals surface area contributed by atoms with Gasteiger partial charge in [-0.1, -0.05) is 0 Å². The molecule has 0 amide bonds. The number of hydrogen-bond acceptors (Lipinski definition) is 3. The van der Waals surface area contributed by atoms with Crippen LogP contribution in [-0.2, 0) is 0 Å². The zero-order chi connectivity index (χ0) is 11.4. The second kappa shape index (κ2) is 4.80. The smallest absolute Gasteiger partial charge is 0.336 e. The van der Waals surface area contributed by atoms with Gasteiger partial charge in [-0.15, -0.1) is 0 Å². The van der Waals surface area contributed by atoms with Crippen LogP contribution in [0.1, 0.15) is 17.3 Å². The number of rotatable bonds is 3. The molecular formula is C10H8BrNO3. The van der Waals surface area contributed by atoms with Gasteiger partial charge in [0, 0.05) is 4.47 Å². The first-order valence-corrected chi connectivity index (χ1v) is 4.93. The Morgan fingerprint density at radius 2 is 2.33 bits per heavy atom. The summed E-state index contributed by atoms with van der Waals surface area (Å²) < 4.78 is 5.64. The highest BCUT2D eigenvalue weighted by Crippen LogP contribution is 2.23. The third-order valence-corrected chi connectivity index (χ3v) is 2.35. The summed E-state index contributed by atoms with van der Waals surface area (Å²) in [5.41, 5.74) is 0.109. The number of hydrogen-bond donors (Lipinski definition) is 1. The Morgan fingerprint density at radius 3 is 2.87 bits per heavy atom. The summed E-state index contributed by atoms with van der Waals surface area (Å²) in [5.74, 6) is -0.679. The lowest BCUT2D eigenvalue weighted by Crippen LogP contribution is -2.09. The van der Waals surface area contributed by atoms with Gasteiger partial charge < -0.3 is 9.84 Å². The van der Waals surface area contributed by atoms with Crippen molar-refractivity contribution in [2.45, 2.75) is 13.0 Å². The minimum atomic E-state index is -1.04. The van der Waals surface area contributed by atoms with Crippen molar-refractivity contribution >= 4 is 21.9 Å². The Hall–Kier alpha value is -1.54. The summed E-state index contributed by atoms with van der Waals surface area (Å²) >= 11 is 3.11. The van der Waals surface area contributed by atoms with Crippen molar-refractivity contribution in [2.24, 2.45) is 0 Å². The van der Waals surface area contributed by atoms with Crippen molar-refractivity contribution in [2.75, 3.05) is 0 Å². The molecule has 15 heavy (non-hydrogen) atoms. The van der Waals surface area contributed by atoms with Crippen LogP contribution >= 0.6 is 15.9 Å². The van der Waals surface area contributed by atoms with E-state index in [2.05, 4.69) is 15.9 Å². The van der Waals surface area contributed by atoms with Gasteiger partial charge in [-0.3, -0.25) is 0 Å². The third-order valence-electron chi connectivity index (χ3n) is 1.66. The summed E-state index contributed by atoms with van der Waals surface area (Å²) in [6, 6.07) is 6.44. The number of carboxylic acids is 1. The van der Waals surface area contributed by atoms with Crippen LogP contribution in [0, 0.1) is 11.3 Å². The SMILES string of the molecule is CC(C#N)Oc1ccc(Br)c(C(=O)O)c1. The maximum absolute atomic E-state index is 10.8. The highest BCUT2D eigenvalue weighted by molar-refractivity contribution is 9.10. The average molecular weight is 270 g/mol. The molecule has 0 spiro atoms. The summed E-state index contributed by atoms with van der Waals surface area (Å²) in [5, 5.41) is 17.4. The number of nitriles is 1. The first kappa shape index (κ1) is 11.5. The molecule has 0 fully saturated rings. The summed E-state index contributed by atoms with van der Waals surface area (Å²) in [6.07, 6.45) is -0.604. The van der Waals surface area contributed by atoms with Crippen LogP contribution in [0.2, 0.25) is 0 Å². The molecule has 4 nitrogen and oxygen atoms in total. The lowest BCUT2D eigenvalue weighted by atomic mass is 10.2. The first-order chi connectivity index (χ1) is 7.04. The third kappa shape index (κ3) is 2.96. The van der Waals surface area contributed by atoms with Gasteiger partial charge in [-0.05, 0) is 41.1 Å². The molecule has 1 aromatic rings. The predicted molar refractivity (Wildman–Crippen MR) is 56.8 cm³/mol. The van der Waals surface area contributed by atoms with Crippen molar-refractivity contribution in [3.8, 4) is 11.8 Å². The highest BCUT2D eigenvalue weighted by atomic mass is 79.9. The molecule has 0 saturated carbocycles. The van der Waals surface area contributed by atoms with E-state index in [0.717, 1.165) is 0 Å². The van der Waals surface area contributed by atoms with E-state index >= 15 is 0 Å². The lowest BCUT2D eigenvalue weighted by molar-refractivity contribution is 0.0695. The molecule has 0 aromatic heterocycles. The Bertz CT molecular complexity index is 425. The van der Waals surface area contributed by atoms with Gasteiger partial charge in [0.15, 0.2) is 6.10 Å². The minimum Gasteiger partial charge on any atom is -0.478 e. The Balaban J connectivity index is 2.99. The number of ether oxygens (including phenoxy) is 1. The zero-order valence-corrected chi connectivity index (χ0v) is 9.48. The molecule has 1 unspecified atom stereocenters. The molecule has 1 rings (SSSR count). The fourth-order valence-electron chi connectivity index (χ4n) is 0.972. The molecule has 0 aliphatic rings. The lowest BCUT2D eigenvalue weighted by Gasteiger charge is -2.08. The standard InChI is InChI=1S/C10H8BrNO3/c1-6(5-12)15-7-2-3-9(11)8(4-7)10(13)14/h2-4,6H,1H3,(H,13,14). The van der Waals surface area contributed by atoms with Gasteiger partial charge in [0.2, 0.25) is 0 Å². The van der Waals surface area contributed by atoms with Gasteiger partial charge in [0.1, 0.15) is 11.8 Å². The minimum absolute atomic E-state index is 0.109. The van der Waals surface area contributed by atoms with Crippen LogP contribution in [0.15, 0.2) is 22.7 Å². The van der Waals surface area contributed by atoms with Crippen molar-refractivity contribution in [3.63, 3.8) is 0 Å². The van der Waals surface area contributed by atoms with E-state index in [4.69, 9.17) is 15.1 Å². The van der Waals surface area contributed by atoms with Crippen molar-refractivity contribution in [1.82, 2.24) is 0 Å². The second-order valence-electron chi connectivity index (χ2n) is 2.84. The van der Waals surface area contributed by atoms with Crippen molar-refractivity contribution < 1.29 is 14.6 Å². The number of nitrogens with zero attached hydrogens (tertiary/aromatic N) is 1. The molecular weight excluding hydrogens is 262 g/mol. The first-order valence-electron chi connectivity index (χ1n) is 4.13. The van der Waals surface area contributed by atoms with E-state index in [-0.39, 0.29) is 5.56 Å². The number of halogens is 1. The normalized spacial score (nSPS) is 11.5. The van der Waals surface area contributed by atoms with E-state index in [0.29, 0.717) is 10.2 Å². The molecule has 0 aliphatic heterocycles.